The van der Waals surface area contributed by atoms with Crippen molar-refractivity contribution in [1.82, 2.24) is 20.1 Å². The van der Waals surface area contributed by atoms with Gasteiger partial charge in [0.1, 0.15) is 0 Å². The van der Waals surface area contributed by atoms with Crippen molar-refractivity contribution in [2.45, 2.75) is 38.0 Å². The Kier molecular flexibility index (Phi) is 6.51. The number of amides is 1. The van der Waals surface area contributed by atoms with Crippen molar-refractivity contribution in [3.63, 3.8) is 0 Å². The third-order valence-electron chi connectivity index (χ3n) is 4.59. The number of hydrogen-bond donors (Lipinski definition) is 2. The van der Waals surface area contributed by atoms with E-state index in [1.165, 1.54) is 0 Å². The molecular weight excluding hydrogens is 373 g/mol. The van der Waals surface area contributed by atoms with Crippen molar-refractivity contribution >= 4 is 35.1 Å². The second-order valence-electron chi connectivity index (χ2n) is 6.59. The summed E-state index contributed by atoms with van der Waals surface area (Å²) in [4.78, 5) is 16.7. The van der Waals surface area contributed by atoms with Crippen LogP contribution >= 0.6 is 23.2 Å². The fourth-order valence-electron chi connectivity index (χ4n) is 3.10. The Labute approximate surface area is 163 Å². The first kappa shape index (κ1) is 19.1. The number of rotatable bonds is 6. The summed E-state index contributed by atoms with van der Waals surface area (Å²) in [7, 11) is 1.81. The van der Waals surface area contributed by atoms with Crippen LogP contribution in [-0.4, -0.2) is 33.8 Å². The zero-order valence-electron chi connectivity index (χ0n) is 14.8. The number of carbonyl (C=O) groups excluding carboxylic acids is 1. The predicted molar refractivity (Wildman–Crippen MR) is 104 cm³/mol. The lowest BCUT2D eigenvalue weighted by molar-refractivity contribution is -0.116. The van der Waals surface area contributed by atoms with Crippen LogP contribution in [0.3, 0.4) is 0 Å². The van der Waals surface area contributed by atoms with Gasteiger partial charge in [0, 0.05) is 19.4 Å². The molecule has 8 heteroatoms. The molecule has 0 bridgehead atoms. The van der Waals surface area contributed by atoms with Crippen LogP contribution in [0.4, 0.5) is 5.95 Å². The average molecular weight is 396 g/mol. The number of nitrogens with zero attached hydrogens (tertiary/aromatic N) is 3. The van der Waals surface area contributed by atoms with E-state index in [0.29, 0.717) is 28.3 Å². The van der Waals surface area contributed by atoms with Gasteiger partial charge in [-0.1, -0.05) is 29.3 Å². The Morgan fingerprint density at radius 3 is 2.81 bits per heavy atom. The molecule has 2 aromatic rings. The van der Waals surface area contributed by atoms with Crippen LogP contribution < -0.4 is 10.6 Å². The summed E-state index contributed by atoms with van der Waals surface area (Å²) in [5, 5.41) is 11.7. The maximum atomic E-state index is 12.2. The molecule has 1 fully saturated rings. The third kappa shape index (κ3) is 4.96. The SMILES string of the molecule is Cn1nc(C2CCNCC2)nc1NC(=O)CCCc1ccc(Cl)c(Cl)c1. The Hall–Kier alpha value is -1.63. The molecule has 0 atom stereocenters. The molecule has 1 aliphatic rings. The highest BCUT2D eigenvalue weighted by Gasteiger charge is 2.21. The molecule has 3 rings (SSSR count). The van der Waals surface area contributed by atoms with E-state index >= 15 is 0 Å². The van der Waals surface area contributed by atoms with E-state index < -0.39 is 0 Å². The molecule has 2 N–H and O–H groups in total. The molecule has 0 aliphatic carbocycles. The van der Waals surface area contributed by atoms with Gasteiger partial charge in [0.2, 0.25) is 11.9 Å². The fraction of sp³-hybridized carbons (Fsp3) is 0.500. The Bertz CT molecular complexity index is 771. The molecule has 0 unspecified atom stereocenters. The maximum absolute atomic E-state index is 12.2. The molecule has 1 aromatic carbocycles. The molecule has 1 aromatic heterocycles. The molecular formula is C18H23Cl2N5O. The van der Waals surface area contributed by atoms with E-state index in [4.69, 9.17) is 23.2 Å². The molecule has 0 saturated carbocycles. The summed E-state index contributed by atoms with van der Waals surface area (Å²) in [5.41, 5.74) is 1.07. The lowest BCUT2D eigenvalue weighted by atomic mass is 9.98. The molecule has 1 amide bonds. The number of aromatic nitrogens is 3. The van der Waals surface area contributed by atoms with E-state index in [0.717, 1.165) is 50.2 Å². The molecule has 140 valence electrons. The van der Waals surface area contributed by atoms with E-state index in [1.54, 1.807) is 10.7 Å². The lowest BCUT2D eigenvalue weighted by Crippen LogP contribution is -2.27. The first-order chi connectivity index (χ1) is 12.5. The Balaban J connectivity index is 1.50. The maximum Gasteiger partial charge on any atom is 0.227 e. The van der Waals surface area contributed by atoms with Crippen molar-refractivity contribution in [2.24, 2.45) is 7.05 Å². The van der Waals surface area contributed by atoms with Crippen molar-refractivity contribution in [2.75, 3.05) is 18.4 Å². The third-order valence-corrected chi connectivity index (χ3v) is 5.33. The van der Waals surface area contributed by atoms with Crippen LogP contribution in [0.15, 0.2) is 18.2 Å². The average Bonchev–Trinajstić information content (AvgIpc) is 2.99. The summed E-state index contributed by atoms with van der Waals surface area (Å²) in [6.45, 7) is 1.97. The smallest absolute Gasteiger partial charge is 0.227 e. The first-order valence-corrected chi connectivity index (χ1v) is 9.64. The summed E-state index contributed by atoms with van der Waals surface area (Å²) < 4.78 is 1.65. The van der Waals surface area contributed by atoms with Gasteiger partial charge in [0.15, 0.2) is 5.82 Å². The van der Waals surface area contributed by atoms with Crippen LogP contribution in [0.1, 0.15) is 43.0 Å². The van der Waals surface area contributed by atoms with Crippen molar-refractivity contribution in [3.8, 4) is 0 Å². The fourth-order valence-corrected chi connectivity index (χ4v) is 3.42. The minimum Gasteiger partial charge on any atom is -0.317 e. The quantitative estimate of drug-likeness (QED) is 0.784. The highest BCUT2D eigenvalue weighted by Crippen LogP contribution is 2.24. The highest BCUT2D eigenvalue weighted by molar-refractivity contribution is 6.42. The largest absolute Gasteiger partial charge is 0.317 e. The van der Waals surface area contributed by atoms with E-state index in [1.807, 2.05) is 19.2 Å². The number of nitrogens with one attached hydrogen (secondary N) is 2. The van der Waals surface area contributed by atoms with Gasteiger partial charge in [-0.05, 0) is 56.5 Å². The van der Waals surface area contributed by atoms with E-state index in [9.17, 15) is 4.79 Å². The van der Waals surface area contributed by atoms with Gasteiger partial charge in [0.25, 0.3) is 0 Å². The number of carbonyl (C=O) groups is 1. The second-order valence-corrected chi connectivity index (χ2v) is 7.41. The van der Waals surface area contributed by atoms with Crippen LogP contribution in [0.2, 0.25) is 10.0 Å². The lowest BCUT2D eigenvalue weighted by Gasteiger charge is -2.19. The number of benzene rings is 1. The zero-order chi connectivity index (χ0) is 18.5. The van der Waals surface area contributed by atoms with Gasteiger partial charge in [-0.15, -0.1) is 0 Å². The number of piperidine rings is 1. The highest BCUT2D eigenvalue weighted by atomic mass is 35.5. The van der Waals surface area contributed by atoms with Crippen LogP contribution in [0, 0.1) is 0 Å². The molecule has 1 aliphatic heterocycles. The van der Waals surface area contributed by atoms with E-state index in [2.05, 4.69) is 20.7 Å². The summed E-state index contributed by atoms with van der Waals surface area (Å²) >= 11 is 11.9. The standard InChI is InChI=1S/C18H23Cl2N5O/c1-25-18(23-17(24-25)13-7-9-21-10-8-13)22-16(26)4-2-3-12-5-6-14(19)15(20)11-12/h5-6,11,13,21H,2-4,7-10H2,1H3,(H,22,23,24,26). The molecule has 6 nitrogen and oxygen atoms in total. The monoisotopic (exact) mass is 395 g/mol. The van der Waals surface area contributed by atoms with Crippen molar-refractivity contribution < 1.29 is 4.79 Å². The number of halogens is 2. The molecule has 0 radical (unpaired) electrons. The molecule has 26 heavy (non-hydrogen) atoms. The molecule has 2 heterocycles. The Morgan fingerprint density at radius 2 is 2.08 bits per heavy atom. The van der Waals surface area contributed by atoms with Gasteiger partial charge < -0.3 is 5.32 Å². The minimum atomic E-state index is -0.0579. The van der Waals surface area contributed by atoms with Gasteiger partial charge in [0.05, 0.1) is 10.0 Å². The second kappa shape index (κ2) is 8.84. The van der Waals surface area contributed by atoms with Gasteiger partial charge in [-0.3, -0.25) is 10.1 Å². The normalized spacial score (nSPS) is 15.2. The minimum absolute atomic E-state index is 0.0579. The topological polar surface area (TPSA) is 71.8 Å². The van der Waals surface area contributed by atoms with Crippen LogP contribution in [-0.2, 0) is 18.3 Å². The number of anilines is 1. The summed E-state index contributed by atoms with van der Waals surface area (Å²) in [6.07, 6.45) is 3.96. The molecule has 0 spiro atoms. The van der Waals surface area contributed by atoms with Crippen LogP contribution in [0.25, 0.3) is 0 Å². The first-order valence-electron chi connectivity index (χ1n) is 8.88. The summed E-state index contributed by atoms with van der Waals surface area (Å²) in [5.74, 6) is 1.64. The van der Waals surface area contributed by atoms with Gasteiger partial charge in [-0.2, -0.15) is 10.1 Å². The Morgan fingerprint density at radius 1 is 1.31 bits per heavy atom. The van der Waals surface area contributed by atoms with E-state index in [-0.39, 0.29) is 5.91 Å². The van der Waals surface area contributed by atoms with Gasteiger partial charge in [-0.25, -0.2) is 4.68 Å². The molecule has 1 saturated heterocycles. The predicted octanol–water partition coefficient (Wildman–Crippen LogP) is 3.55. The van der Waals surface area contributed by atoms with Gasteiger partial charge >= 0.3 is 0 Å². The number of aryl methyl sites for hydroxylation is 2. The van der Waals surface area contributed by atoms with Crippen molar-refractivity contribution in [3.05, 3.63) is 39.6 Å². The van der Waals surface area contributed by atoms with Crippen molar-refractivity contribution in [1.29, 1.82) is 0 Å². The number of hydrogen-bond acceptors (Lipinski definition) is 4. The van der Waals surface area contributed by atoms with Crippen LogP contribution in [0.5, 0.6) is 0 Å². The summed E-state index contributed by atoms with van der Waals surface area (Å²) in [6, 6.07) is 5.55. The zero-order valence-corrected chi connectivity index (χ0v) is 16.3.